The van der Waals surface area contributed by atoms with E-state index in [1.165, 1.54) is 10.9 Å². The molecule has 4 aromatic heterocycles. The molecule has 0 saturated carbocycles. The van der Waals surface area contributed by atoms with Crippen LogP contribution in [0.5, 0.6) is 0 Å². The number of thiophene rings is 1. The zero-order valence-electron chi connectivity index (χ0n) is 18.4. The number of carbonyl (C=O) groups is 2. The zero-order chi connectivity index (χ0) is 24.8. The smallest absolute Gasteiger partial charge is 0.365 e. The minimum Gasteiger partial charge on any atom is -0.365 e. The van der Waals surface area contributed by atoms with Crippen molar-refractivity contribution in [1.29, 1.82) is 0 Å². The normalized spacial score (nSPS) is 11.8. The number of pyridine rings is 1. The number of fused-ring (bicyclic) bond motifs is 1. The van der Waals surface area contributed by atoms with Gasteiger partial charge >= 0.3 is 6.18 Å². The highest BCUT2D eigenvalue weighted by molar-refractivity contribution is 7.21. The molecule has 2 amide bonds. The molecule has 0 radical (unpaired) electrons. The van der Waals surface area contributed by atoms with Crippen molar-refractivity contribution in [2.24, 2.45) is 12.8 Å². The number of nitrogens with two attached hydrogens (primary N) is 1. The van der Waals surface area contributed by atoms with Gasteiger partial charge in [-0.3, -0.25) is 19.0 Å². The number of hydrogen-bond donors (Lipinski definition) is 2. The number of anilines is 1. The zero-order valence-corrected chi connectivity index (χ0v) is 19.2. The van der Waals surface area contributed by atoms with Gasteiger partial charge in [-0.1, -0.05) is 0 Å². The lowest BCUT2D eigenvalue weighted by Crippen LogP contribution is -2.18. The molecule has 13 heteroatoms. The van der Waals surface area contributed by atoms with Crippen LogP contribution in [0.2, 0.25) is 0 Å². The fourth-order valence-electron chi connectivity index (χ4n) is 3.52. The van der Waals surface area contributed by atoms with Crippen LogP contribution in [0.4, 0.5) is 18.9 Å². The van der Waals surface area contributed by atoms with Gasteiger partial charge in [-0.05, 0) is 31.5 Å². The Balaban J connectivity index is 1.84. The molecule has 4 aromatic rings. The number of carbonyl (C=O) groups excluding carboxylic acids is 2. The van der Waals surface area contributed by atoms with E-state index < -0.39 is 23.7 Å². The van der Waals surface area contributed by atoms with Gasteiger partial charge in [-0.2, -0.15) is 23.4 Å². The number of halogens is 3. The third-order valence-electron chi connectivity index (χ3n) is 5.31. The molecule has 0 bridgehead atoms. The first-order valence-corrected chi connectivity index (χ1v) is 10.9. The maximum atomic E-state index is 13.6. The highest BCUT2D eigenvalue weighted by Gasteiger charge is 2.35. The quantitative estimate of drug-likeness (QED) is 0.427. The van der Waals surface area contributed by atoms with Gasteiger partial charge in [-0.25, -0.2) is 4.98 Å². The van der Waals surface area contributed by atoms with E-state index in [2.05, 4.69) is 20.5 Å². The Morgan fingerprint density at radius 3 is 2.53 bits per heavy atom. The van der Waals surface area contributed by atoms with E-state index in [-0.39, 0.29) is 39.3 Å². The number of primary amides is 1. The molecule has 9 nitrogen and oxygen atoms in total. The van der Waals surface area contributed by atoms with Crippen LogP contribution in [0.25, 0.3) is 21.3 Å². The maximum absolute atomic E-state index is 13.6. The van der Waals surface area contributed by atoms with E-state index in [9.17, 15) is 22.8 Å². The van der Waals surface area contributed by atoms with Gasteiger partial charge < -0.3 is 11.1 Å². The van der Waals surface area contributed by atoms with E-state index in [1.54, 1.807) is 30.9 Å². The molecule has 0 aliphatic carbocycles. The van der Waals surface area contributed by atoms with Crippen molar-refractivity contribution < 1.29 is 22.8 Å². The van der Waals surface area contributed by atoms with Gasteiger partial charge in [0.1, 0.15) is 15.4 Å². The van der Waals surface area contributed by atoms with Crippen LogP contribution in [0.1, 0.15) is 33.2 Å². The van der Waals surface area contributed by atoms with Crippen molar-refractivity contribution in [3.05, 3.63) is 46.5 Å². The Labute approximate surface area is 195 Å². The molecule has 0 aliphatic rings. The fraction of sp³-hybridized carbons (Fsp3) is 0.286. The Bertz CT molecular complexity index is 1420. The third kappa shape index (κ3) is 4.38. The number of aromatic nitrogens is 5. The lowest BCUT2D eigenvalue weighted by atomic mass is 10.0. The minimum atomic E-state index is -4.72. The summed E-state index contributed by atoms with van der Waals surface area (Å²) in [6, 6.07) is 2.69. The summed E-state index contributed by atoms with van der Waals surface area (Å²) in [5, 5.41) is 11.2. The number of aryl methyl sites for hydroxylation is 3. The van der Waals surface area contributed by atoms with E-state index in [0.717, 1.165) is 11.8 Å². The Kier molecular flexibility index (Phi) is 5.89. The van der Waals surface area contributed by atoms with Crippen molar-refractivity contribution in [3.8, 4) is 11.1 Å². The summed E-state index contributed by atoms with van der Waals surface area (Å²) >= 11 is 0.698. The molecular formula is C21H20F3N7O2S. The summed E-state index contributed by atoms with van der Waals surface area (Å²) in [5.41, 5.74) is 6.37. The summed E-state index contributed by atoms with van der Waals surface area (Å²) in [4.78, 5) is 28.5. The van der Waals surface area contributed by atoms with Gasteiger partial charge in [0.15, 0.2) is 0 Å². The summed E-state index contributed by atoms with van der Waals surface area (Å²) < 4.78 is 43.9. The molecule has 0 unspecified atom stereocenters. The molecule has 0 fully saturated rings. The average molecular weight is 491 g/mol. The number of alkyl halides is 3. The van der Waals surface area contributed by atoms with Crippen molar-refractivity contribution in [2.45, 2.75) is 33.0 Å². The topological polar surface area (TPSA) is 121 Å². The summed E-state index contributed by atoms with van der Waals surface area (Å²) in [6.07, 6.45) is -1.55. The van der Waals surface area contributed by atoms with Crippen LogP contribution in [-0.2, 0) is 24.6 Å². The second-order valence-electron chi connectivity index (χ2n) is 7.69. The fourth-order valence-corrected chi connectivity index (χ4v) is 4.52. The van der Waals surface area contributed by atoms with Crippen LogP contribution in [0.3, 0.4) is 0 Å². The molecule has 0 aromatic carbocycles. The van der Waals surface area contributed by atoms with Crippen LogP contribution >= 0.6 is 11.3 Å². The molecule has 0 spiro atoms. The monoisotopic (exact) mass is 491 g/mol. The number of rotatable bonds is 6. The molecule has 0 aliphatic heterocycles. The summed E-state index contributed by atoms with van der Waals surface area (Å²) in [5.74, 6) is -1.34. The number of amides is 2. The maximum Gasteiger partial charge on any atom is 0.433 e. The van der Waals surface area contributed by atoms with E-state index in [0.29, 0.717) is 22.6 Å². The molecule has 3 N–H and O–H groups in total. The predicted molar refractivity (Wildman–Crippen MR) is 120 cm³/mol. The Hall–Kier alpha value is -3.74. The molecule has 0 atom stereocenters. The van der Waals surface area contributed by atoms with Crippen molar-refractivity contribution in [1.82, 2.24) is 24.5 Å². The minimum absolute atomic E-state index is 0.0198. The number of nitrogens with one attached hydrogen (secondary N) is 1. The number of hydrogen-bond acceptors (Lipinski definition) is 6. The van der Waals surface area contributed by atoms with Gasteiger partial charge in [0, 0.05) is 42.9 Å². The molecule has 4 rings (SSSR count). The van der Waals surface area contributed by atoms with Crippen LogP contribution in [0.15, 0.2) is 24.5 Å². The highest BCUT2D eigenvalue weighted by Crippen LogP contribution is 2.44. The van der Waals surface area contributed by atoms with Crippen LogP contribution in [0, 0.1) is 13.8 Å². The lowest BCUT2D eigenvalue weighted by Gasteiger charge is -2.12. The van der Waals surface area contributed by atoms with E-state index in [1.807, 2.05) is 6.92 Å². The lowest BCUT2D eigenvalue weighted by molar-refractivity contribution is -0.140. The summed E-state index contributed by atoms with van der Waals surface area (Å²) in [7, 11) is 1.66. The van der Waals surface area contributed by atoms with Crippen LogP contribution < -0.4 is 11.1 Å². The third-order valence-corrected chi connectivity index (χ3v) is 6.41. The second kappa shape index (κ2) is 8.56. The molecule has 34 heavy (non-hydrogen) atoms. The van der Waals surface area contributed by atoms with Crippen molar-refractivity contribution >= 4 is 39.1 Å². The molecule has 4 heterocycles. The predicted octanol–water partition coefficient (Wildman–Crippen LogP) is 3.66. The Morgan fingerprint density at radius 2 is 1.97 bits per heavy atom. The van der Waals surface area contributed by atoms with Gasteiger partial charge in [-0.15, -0.1) is 11.3 Å². The van der Waals surface area contributed by atoms with Gasteiger partial charge in [0.25, 0.3) is 5.91 Å². The molecule has 0 saturated heterocycles. The van der Waals surface area contributed by atoms with Gasteiger partial charge in [0.2, 0.25) is 5.91 Å². The Morgan fingerprint density at radius 1 is 1.24 bits per heavy atom. The van der Waals surface area contributed by atoms with Crippen molar-refractivity contribution in [2.75, 3.05) is 5.32 Å². The first kappa shape index (κ1) is 23.4. The van der Waals surface area contributed by atoms with Crippen molar-refractivity contribution in [3.63, 3.8) is 0 Å². The van der Waals surface area contributed by atoms with Gasteiger partial charge in [0.05, 0.1) is 17.6 Å². The van der Waals surface area contributed by atoms with Crippen LogP contribution in [-0.4, -0.2) is 36.4 Å². The largest absolute Gasteiger partial charge is 0.433 e. The highest BCUT2D eigenvalue weighted by atomic mass is 32.1. The SMILES string of the molecule is Cc1ccn(CCC(=O)Nc2c(C(N)=O)sc3nc(C(F)(F)F)cc(-c4cnn(C)c4C)c23)n1. The molecule has 178 valence electrons. The first-order chi connectivity index (χ1) is 16.0. The number of nitrogens with zero attached hydrogens (tertiary/aromatic N) is 5. The van der Waals surface area contributed by atoms with E-state index in [4.69, 9.17) is 5.73 Å². The van der Waals surface area contributed by atoms with E-state index >= 15 is 0 Å². The standard InChI is InChI=1S/C21H20F3N7O2S/c1-10-4-6-31(29-10)7-5-15(32)28-17-16-12(13-9-26-30(3)11(13)2)8-14(21(22,23)24)27-20(16)34-18(17)19(25)33/h4,6,8-9H,5,7H2,1-3H3,(H2,25,33)(H,28,32). The first-order valence-electron chi connectivity index (χ1n) is 10.1. The summed E-state index contributed by atoms with van der Waals surface area (Å²) in [6.45, 7) is 3.80. The average Bonchev–Trinajstić information content (AvgIpc) is 3.43. The second-order valence-corrected chi connectivity index (χ2v) is 8.69. The molecular weight excluding hydrogens is 471 g/mol.